The van der Waals surface area contributed by atoms with Gasteiger partial charge in [0.25, 0.3) is 0 Å². The van der Waals surface area contributed by atoms with E-state index in [0.29, 0.717) is 5.25 Å². The minimum absolute atomic E-state index is 0.620. The van der Waals surface area contributed by atoms with Crippen molar-refractivity contribution >= 4 is 11.8 Å². The molecule has 1 saturated carbocycles. The summed E-state index contributed by atoms with van der Waals surface area (Å²) in [6.07, 6.45) is 8.75. The third kappa shape index (κ3) is 3.67. The first-order valence-electron chi connectivity index (χ1n) is 6.69. The lowest BCUT2D eigenvalue weighted by Crippen LogP contribution is -2.18. The monoisotopic (exact) mass is 265 g/mol. The Morgan fingerprint density at radius 2 is 1.89 bits per heavy atom. The smallest absolute Gasteiger partial charge is 0.187 e. The quantitative estimate of drug-likeness (QED) is 0.825. The first-order valence-corrected chi connectivity index (χ1v) is 7.57. The van der Waals surface area contributed by atoms with Crippen molar-refractivity contribution in [3.63, 3.8) is 0 Å². The first-order chi connectivity index (χ1) is 8.90. The van der Waals surface area contributed by atoms with E-state index in [-0.39, 0.29) is 0 Å². The summed E-state index contributed by atoms with van der Waals surface area (Å²) in [5.74, 6) is 0. The van der Waals surface area contributed by atoms with E-state index in [0.717, 1.165) is 43.8 Å². The highest BCUT2D eigenvalue weighted by Gasteiger charge is 2.20. The lowest BCUT2D eigenvalue weighted by molar-refractivity contribution is 0.1000. The second-order valence-corrected chi connectivity index (χ2v) is 6.23. The highest BCUT2D eigenvalue weighted by Crippen LogP contribution is 2.26. The minimum Gasteiger partial charge on any atom is -0.381 e. The summed E-state index contributed by atoms with van der Waals surface area (Å²) >= 11 is 1.79. The van der Waals surface area contributed by atoms with Crippen molar-refractivity contribution in [3.05, 3.63) is 18.0 Å². The van der Waals surface area contributed by atoms with E-state index in [4.69, 9.17) is 4.74 Å². The molecule has 0 radical (unpaired) electrons. The Kier molecular flexibility index (Phi) is 4.13. The predicted molar refractivity (Wildman–Crippen MR) is 71.6 cm³/mol. The Hall–Kier alpha value is -0.650. The highest BCUT2D eigenvalue weighted by atomic mass is 32.2. The van der Waals surface area contributed by atoms with E-state index in [1.165, 1.54) is 18.4 Å². The van der Waals surface area contributed by atoms with Crippen LogP contribution in [-0.2, 0) is 11.3 Å². The van der Waals surface area contributed by atoms with Gasteiger partial charge < -0.3 is 10.1 Å². The molecule has 0 amide bonds. The van der Waals surface area contributed by atoms with Crippen molar-refractivity contribution in [3.8, 4) is 0 Å². The molecule has 98 valence electrons. The standard InChI is InChI=1S/C13H19N3OS/c1-2-11(1)14-7-10-8-15-13(16-9-10)18-12-3-5-17-6-4-12/h8-9,11-12,14H,1-7H2. The minimum atomic E-state index is 0.620. The molecule has 3 rings (SSSR count). The molecule has 2 fully saturated rings. The molecule has 1 aromatic heterocycles. The van der Waals surface area contributed by atoms with Crippen LogP contribution in [-0.4, -0.2) is 34.5 Å². The summed E-state index contributed by atoms with van der Waals surface area (Å²) in [7, 11) is 0. The molecule has 2 heterocycles. The zero-order valence-corrected chi connectivity index (χ0v) is 11.3. The van der Waals surface area contributed by atoms with E-state index < -0.39 is 0 Å². The lowest BCUT2D eigenvalue weighted by Gasteiger charge is -2.20. The summed E-state index contributed by atoms with van der Waals surface area (Å²) in [5.41, 5.74) is 1.18. The van der Waals surface area contributed by atoms with Crippen LogP contribution in [0.4, 0.5) is 0 Å². The molecule has 0 spiro atoms. The predicted octanol–water partition coefficient (Wildman–Crippen LogP) is 2.00. The lowest BCUT2D eigenvalue weighted by atomic mass is 10.2. The highest BCUT2D eigenvalue weighted by molar-refractivity contribution is 7.99. The van der Waals surface area contributed by atoms with Gasteiger partial charge in [-0.2, -0.15) is 0 Å². The average molecular weight is 265 g/mol. The van der Waals surface area contributed by atoms with Crippen LogP contribution in [0.1, 0.15) is 31.2 Å². The summed E-state index contributed by atoms with van der Waals surface area (Å²) in [6, 6.07) is 0.737. The Bertz CT molecular complexity index is 374. The molecule has 4 nitrogen and oxygen atoms in total. The van der Waals surface area contributed by atoms with Crippen LogP contribution in [0.25, 0.3) is 0 Å². The van der Waals surface area contributed by atoms with Crippen molar-refractivity contribution in [1.29, 1.82) is 0 Å². The summed E-state index contributed by atoms with van der Waals surface area (Å²) < 4.78 is 5.35. The van der Waals surface area contributed by atoms with Gasteiger partial charge in [0.05, 0.1) is 0 Å². The fraction of sp³-hybridized carbons (Fsp3) is 0.692. The Labute approximate surface area is 112 Å². The second-order valence-electron chi connectivity index (χ2n) is 4.96. The third-order valence-electron chi connectivity index (χ3n) is 3.29. The first kappa shape index (κ1) is 12.4. The number of nitrogens with zero attached hydrogens (tertiary/aromatic N) is 2. The van der Waals surface area contributed by atoms with Crippen molar-refractivity contribution in [1.82, 2.24) is 15.3 Å². The number of nitrogens with one attached hydrogen (secondary N) is 1. The average Bonchev–Trinajstić information content (AvgIpc) is 3.23. The fourth-order valence-electron chi connectivity index (χ4n) is 1.99. The van der Waals surface area contributed by atoms with Gasteiger partial charge in [0, 0.05) is 49.0 Å². The molecular weight excluding hydrogens is 246 g/mol. The molecule has 1 N–H and O–H groups in total. The van der Waals surface area contributed by atoms with Crippen LogP contribution in [0.3, 0.4) is 0 Å². The SMILES string of the molecule is c1nc(SC2CCOCC2)ncc1CNC1CC1. The van der Waals surface area contributed by atoms with Gasteiger partial charge in [-0.1, -0.05) is 11.8 Å². The number of hydrogen-bond acceptors (Lipinski definition) is 5. The summed E-state index contributed by atoms with van der Waals surface area (Å²) in [5, 5.41) is 4.99. The van der Waals surface area contributed by atoms with E-state index in [2.05, 4.69) is 15.3 Å². The molecule has 1 saturated heterocycles. The van der Waals surface area contributed by atoms with Gasteiger partial charge in [-0.3, -0.25) is 0 Å². The number of rotatable bonds is 5. The van der Waals surface area contributed by atoms with Gasteiger partial charge in [-0.15, -0.1) is 0 Å². The zero-order valence-electron chi connectivity index (χ0n) is 10.5. The van der Waals surface area contributed by atoms with E-state index in [1.807, 2.05) is 12.4 Å². The van der Waals surface area contributed by atoms with Gasteiger partial charge in [0.15, 0.2) is 5.16 Å². The van der Waals surface area contributed by atoms with Crippen LogP contribution in [0.5, 0.6) is 0 Å². The van der Waals surface area contributed by atoms with Gasteiger partial charge in [0.1, 0.15) is 0 Å². The van der Waals surface area contributed by atoms with Crippen molar-refractivity contribution in [2.45, 2.75) is 48.7 Å². The van der Waals surface area contributed by atoms with E-state index >= 15 is 0 Å². The van der Waals surface area contributed by atoms with Crippen molar-refractivity contribution in [2.24, 2.45) is 0 Å². The molecule has 0 unspecified atom stereocenters. The molecule has 1 aromatic rings. The molecule has 18 heavy (non-hydrogen) atoms. The zero-order chi connectivity index (χ0) is 12.2. The van der Waals surface area contributed by atoms with Crippen LogP contribution < -0.4 is 5.32 Å². The van der Waals surface area contributed by atoms with Crippen molar-refractivity contribution < 1.29 is 4.74 Å². The van der Waals surface area contributed by atoms with Gasteiger partial charge in [-0.05, 0) is 25.7 Å². The van der Waals surface area contributed by atoms with Gasteiger partial charge in [0.2, 0.25) is 0 Å². The van der Waals surface area contributed by atoms with E-state index in [1.54, 1.807) is 11.8 Å². The maximum Gasteiger partial charge on any atom is 0.187 e. The Morgan fingerprint density at radius 3 is 2.56 bits per heavy atom. The molecule has 0 bridgehead atoms. The molecule has 0 atom stereocenters. The van der Waals surface area contributed by atoms with Crippen molar-refractivity contribution in [2.75, 3.05) is 13.2 Å². The molecule has 2 aliphatic rings. The number of thioether (sulfide) groups is 1. The largest absolute Gasteiger partial charge is 0.381 e. The van der Waals surface area contributed by atoms with Crippen LogP contribution >= 0.6 is 11.8 Å². The van der Waals surface area contributed by atoms with Gasteiger partial charge >= 0.3 is 0 Å². The molecular formula is C13H19N3OS. The topological polar surface area (TPSA) is 47.0 Å². The third-order valence-corrected chi connectivity index (χ3v) is 4.52. The Balaban J connectivity index is 1.49. The molecule has 1 aliphatic carbocycles. The van der Waals surface area contributed by atoms with Crippen LogP contribution in [0, 0.1) is 0 Å². The Morgan fingerprint density at radius 1 is 1.17 bits per heavy atom. The molecule has 1 aliphatic heterocycles. The second kappa shape index (κ2) is 5.99. The van der Waals surface area contributed by atoms with Crippen LogP contribution in [0.2, 0.25) is 0 Å². The summed E-state index contributed by atoms with van der Waals surface area (Å²) in [6.45, 7) is 2.65. The maximum atomic E-state index is 5.35. The fourth-order valence-corrected chi connectivity index (χ4v) is 2.94. The molecule has 5 heteroatoms. The number of aromatic nitrogens is 2. The van der Waals surface area contributed by atoms with Crippen LogP contribution in [0.15, 0.2) is 17.6 Å². The number of hydrogen-bond donors (Lipinski definition) is 1. The number of ether oxygens (including phenoxy) is 1. The summed E-state index contributed by atoms with van der Waals surface area (Å²) in [4.78, 5) is 8.88. The normalized spacial score (nSPS) is 21.1. The van der Waals surface area contributed by atoms with E-state index in [9.17, 15) is 0 Å². The molecule has 0 aromatic carbocycles. The van der Waals surface area contributed by atoms with Gasteiger partial charge in [-0.25, -0.2) is 9.97 Å². The maximum absolute atomic E-state index is 5.35.